The minimum Gasteiger partial charge on any atom is -0.367 e. The molecule has 1 unspecified atom stereocenters. The predicted molar refractivity (Wildman–Crippen MR) is 66.7 cm³/mol. The van der Waals surface area contributed by atoms with Gasteiger partial charge >= 0.3 is 0 Å². The summed E-state index contributed by atoms with van der Waals surface area (Å²) in [6.45, 7) is 2.20. The summed E-state index contributed by atoms with van der Waals surface area (Å²) >= 11 is 0. The third-order valence-electron chi connectivity index (χ3n) is 4.08. The van der Waals surface area contributed by atoms with Crippen LogP contribution in [-0.2, 0) is 4.74 Å². The molecule has 0 aliphatic carbocycles. The molecule has 17 heavy (non-hydrogen) atoms. The molecule has 3 rings (SSSR count). The fourth-order valence-corrected chi connectivity index (χ4v) is 3.09. The number of hydrogen-bond acceptors (Lipinski definition) is 3. The third-order valence-corrected chi connectivity index (χ3v) is 4.08. The van der Waals surface area contributed by atoms with E-state index in [0.29, 0.717) is 0 Å². The molecule has 2 saturated heterocycles. The fraction of sp³-hybridized carbons (Fsp3) is 0.643. The Kier molecular flexibility index (Phi) is 3.12. The number of pyridine rings is 1. The number of aromatic nitrogens is 1. The Bertz CT molecular complexity index is 354. The zero-order chi connectivity index (χ0) is 11.6. The lowest BCUT2D eigenvalue weighted by atomic mass is 9.83. The van der Waals surface area contributed by atoms with E-state index in [-0.39, 0.29) is 11.7 Å². The lowest BCUT2D eigenvalue weighted by Gasteiger charge is -2.44. The summed E-state index contributed by atoms with van der Waals surface area (Å²) < 4.78 is 6.43. The largest absolute Gasteiger partial charge is 0.367 e. The van der Waals surface area contributed by atoms with Gasteiger partial charge in [0.1, 0.15) is 0 Å². The second-order valence-electron chi connectivity index (χ2n) is 5.21. The van der Waals surface area contributed by atoms with Gasteiger partial charge in [-0.2, -0.15) is 0 Å². The van der Waals surface area contributed by atoms with Crippen LogP contribution < -0.4 is 5.32 Å². The van der Waals surface area contributed by atoms with E-state index in [4.69, 9.17) is 4.74 Å². The smallest absolute Gasteiger partial charge is 0.0833 e. The van der Waals surface area contributed by atoms with Gasteiger partial charge < -0.3 is 10.1 Å². The molecule has 2 fully saturated rings. The summed E-state index contributed by atoms with van der Waals surface area (Å²) in [5.74, 6) is 0. The van der Waals surface area contributed by atoms with E-state index in [1.165, 1.54) is 18.4 Å². The van der Waals surface area contributed by atoms with E-state index in [9.17, 15) is 0 Å². The number of rotatable bonds is 1. The van der Waals surface area contributed by atoms with Crippen LogP contribution in [-0.4, -0.2) is 23.7 Å². The van der Waals surface area contributed by atoms with Crippen molar-refractivity contribution in [2.75, 3.05) is 13.1 Å². The molecule has 1 aromatic heterocycles. The first kappa shape index (κ1) is 11.2. The highest BCUT2D eigenvalue weighted by Gasteiger charge is 2.38. The Hall–Kier alpha value is -0.930. The quantitative estimate of drug-likeness (QED) is 0.807. The summed E-state index contributed by atoms with van der Waals surface area (Å²) in [6, 6.07) is 4.18. The number of ether oxygens (including phenoxy) is 1. The van der Waals surface area contributed by atoms with Crippen LogP contribution in [0.2, 0.25) is 0 Å². The molecule has 0 amide bonds. The Morgan fingerprint density at radius 2 is 1.94 bits per heavy atom. The molecular weight excluding hydrogens is 212 g/mol. The number of hydrogen-bond donors (Lipinski definition) is 1. The van der Waals surface area contributed by atoms with Gasteiger partial charge in [0.15, 0.2) is 0 Å². The SMILES string of the molecule is c1cc(C2CCCC3(CCNCC3)O2)ccn1. The minimum absolute atomic E-state index is 0.150. The van der Waals surface area contributed by atoms with Crippen molar-refractivity contribution in [1.29, 1.82) is 0 Å². The number of piperidine rings is 1. The maximum absolute atomic E-state index is 6.43. The van der Waals surface area contributed by atoms with Gasteiger partial charge in [-0.1, -0.05) is 0 Å². The van der Waals surface area contributed by atoms with Crippen molar-refractivity contribution in [2.24, 2.45) is 0 Å². The number of nitrogens with one attached hydrogen (secondary N) is 1. The Labute approximate surface area is 103 Å². The molecule has 0 aromatic carbocycles. The van der Waals surface area contributed by atoms with Gasteiger partial charge in [-0.25, -0.2) is 0 Å². The number of nitrogens with zero attached hydrogens (tertiary/aromatic N) is 1. The molecule has 0 saturated carbocycles. The second-order valence-corrected chi connectivity index (χ2v) is 5.21. The zero-order valence-corrected chi connectivity index (χ0v) is 10.2. The first-order valence-electron chi connectivity index (χ1n) is 6.66. The van der Waals surface area contributed by atoms with Crippen LogP contribution in [0.3, 0.4) is 0 Å². The van der Waals surface area contributed by atoms with Gasteiger partial charge in [-0.05, 0) is 62.9 Å². The summed E-state index contributed by atoms with van der Waals surface area (Å²) in [5.41, 5.74) is 1.44. The average molecular weight is 232 g/mol. The van der Waals surface area contributed by atoms with Crippen LogP contribution in [0.5, 0.6) is 0 Å². The van der Waals surface area contributed by atoms with Gasteiger partial charge in [-0.3, -0.25) is 4.98 Å². The maximum Gasteiger partial charge on any atom is 0.0833 e. The molecule has 92 valence electrons. The molecule has 1 N–H and O–H groups in total. The van der Waals surface area contributed by atoms with Crippen molar-refractivity contribution in [3.8, 4) is 0 Å². The minimum atomic E-state index is 0.150. The van der Waals surface area contributed by atoms with Crippen LogP contribution in [0.1, 0.15) is 43.8 Å². The third kappa shape index (κ3) is 2.35. The van der Waals surface area contributed by atoms with E-state index in [1.54, 1.807) is 0 Å². The van der Waals surface area contributed by atoms with Crippen molar-refractivity contribution in [2.45, 2.75) is 43.8 Å². The summed E-state index contributed by atoms with van der Waals surface area (Å²) in [4.78, 5) is 4.08. The molecule has 2 aliphatic heterocycles. The highest BCUT2D eigenvalue weighted by Crippen LogP contribution is 2.41. The normalized spacial score (nSPS) is 28.1. The first-order chi connectivity index (χ1) is 8.38. The molecule has 2 aliphatic rings. The average Bonchev–Trinajstić information content (AvgIpc) is 2.41. The lowest BCUT2D eigenvalue weighted by molar-refractivity contribution is -0.144. The highest BCUT2D eigenvalue weighted by atomic mass is 16.5. The highest BCUT2D eigenvalue weighted by molar-refractivity contribution is 5.14. The standard InChI is InChI=1S/C14H20N2O/c1-2-13(12-3-8-15-9-4-12)17-14(5-1)6-10-16-11-7-14/h3-4,8-9,13,16H,1-2,5-7,10-11H2. The van der Waals surface area contributed by atoms with Crippen LogP contribution >= 0.6 is 0 Å². The predicted octanol–water partition coefficient (Wildman–Crippen LogP) is 2.45. The van der Waals surface area contributed by atoms with Gasteiger partial charge in [0, 0.05) is 12.4 Å². The van der Waals surface area contributed by atoms with Crippen LogP contribution in [0.15, 0.2) is 24.5 Å². The first-order valence-corrected chi connectivity index (χ1v) is 6.66. The second kappa shape index (κ2) is 4.75. The van der Waals surface area contributed by atoms with E-state index < -0.39 is 0 Å². The molecular formula is C14H20N2O. The van der Waals surface area contributed by atoms with Crippen molar-refractivity contribution in [3.05, 3.63) is 30.1 Å². The van der Waals surface area contributed by atoms with Gasteiger partial charge in [0.25, 0.3) is 0 Å². The van der Waals surface area contributed by atoms with Crippen molar-refractivity contribution in [3.63, 3.8) is 0 Å². The Morgan fingerprint density at radius 3 is 2.71 bits per heavy atom. The molecule has 3 heteroatoms. The van der Waals surface area contributed by atoms with Gasteiger partial charge in [0.05, 0.1) is 11.7 Å². The van der Waals surface area contributed by atoms with Crippen molar-refractivity contribution in [1.82, 2.24) is 10.3 Å². The van der Waals surface area contributed by atoms with E-state index in [2.05, 4.69) is 22.4 Å². The van der Waals surface area contributed by atoms with Crippen molar-refractivity contribution < 1.29 is 4.74 Å². The van der Waals surface area contributed by atoms with Crippen LogP contribution in [0.4, 0.5) is 0 Å². The molecule has 1 atom stereocenters. The van der Waals surface area contributed by atoms with Gasteiger partial charge in [-0.15, -0.1) is 0 Å². The summed E-state index contributed by atoms with van der Waals surface area (Å²) in [6.07, 6.45) is 10.0. The molecule has 1 spiro atoms. The monoisotopic (exact) mass is 232 g/mol. The molecule has 0 bridgehead atoms. The summed E-state index contributed by atoms with van der Waals surface area (Å²) in [7, 11) is 0. The van der Waals surface area contributed by atoms with E-state index in [0.717, 1.165) is 32.4 Å². The Balaban J connectivity index is 1.75. The maximum atomic E-state index is 6.43. The lowest BCUT2D eigenvalue weighted by Crippen LogP contribution is -2.46. The van der Waals surface area contributed by atoms with Gasteiger partial charge in [0.2, 0.25) is 0 Å². The zero-order valence-electron chi connectivity index (χ0n) is 10.2. The van der Waals surface area contributed by atoms with E-state index >= 15 is 0 Å². The molecule has 1 aromatic rings. The topological polar surface area (TPSA) is 34.1 Å². The fourth-order valence-electron chi connectivity index (χ4n) is 3.09. The van der Waals surface area contributed by atoms with E-state index in [1.807, 2.05) is 12.4 Å². The molecule has 0 radical (unpaired) electrons. The molecule has 3 heterocycles. The van der Waals surface area contributed by atoms with Crippen LogP contribution in [0.25, 0.3) is 0 Å². The molecule has 3 nitrogen and oxygen atoms in total. The van der Waals surface area contributed by atoms with Crippen LogP contribution in [0, 0.1) is 0 Å². The Morgan fingerprint density at radius 1 is 1.18 bits per heavy atom. The summed E-state index contributed by atoms with van der Waals surface area (Å²) in [5, 5.41) is 3.42. The van der Waals surface area contributed by atoms with Crippen molar-refractivity contribution >= 4 is 0 Å².